The van der Waals surface area contributed by atoms with E-state index in [0.717, 1.165) is 24.6 Å². The smallest absolute Gasteiger partial charge is 0.119 e. The summed E-state index contributed by atoms with van der Waals surface area (Å²) < 4.78 is 5.89. The van der Waals surface area contributed by atoms with Gasteiger partial charge in [-0.25, -0.2) is 0 Å². The Morgan fingerprint density at radius 1 is 1.10 bits per heavy atom. The number of benzene rings is 1. The zero-order valence-electron chi connectivity index (χ0n) is 12.9. The molecule has 0 bridgehead atoms. The Morgan fingerprint density at radius 3 is 2.35 bits per heavy atom. The summed E-state index contributed by atoms with van der Waals surface area (Å²) in [7, 11) is 1.93. The van der Waals surface area contributed by atoms with Crippen LogP contribution in [0.2, 0.25) is 0 Å². The zero-order chi connectivity index (χ0) is 14.2. The topological polar surface area (TPSA) is 24.5 Å². The van der Waals surface area contributed by atoms with E-state index in [2.05, 4.69) is 29.3 Å². The molecular weight excluding hydrogens is 248 g/mol. The van der Waals surface area contributed by atoms with Gasteiger partial charge in [0, 0.05) is 25.2 Å². The summed E-state index contributed by atoms with van der Waals surface area (Å²) in [4.78, 5) is 2.60. The molecule has 0 amide bonds. The van der Waals surface area contributed by atoms with Crippen LogP contribution in [0, 0.1) is 5.92 Å². The molecule has 1 heterocycles. The van der Waals surface area contributed by atoms with Gasteiger partial charge in [-0.05, 0) is 50.2 Å². The van der Waals surface area contributed by atoms with Gasteiger partial charge in [-0.3, -0.25) is 0 Å². The summed E-state index contributed by atoms with van der Waals surface area (Å²) in [5.74, 6) is 1.55. The molecule has 1 fully saturated rings. The van der Waals surface area contributed by atoms with Crippen LogP contribution >= 0.6 is 0 Å². The molecule has 1 N–H and O–H groups in total. The van der Waals surface area contributed by atoms with Crippen molar-refractivity contribution in [3.8, 4) is 5.75 Å². The van der Waals surface area contributed by atoms with Gasteiger partial charge < -0.3 is 15.0 Å². The van der Waals surface area contributed by atoms with Gasteiger partial charge in [-0.15, -0.1) is 0 Å². The molecule has 0 aliphatic carbocycles. The van der Waals surface area contributed by atoms with Gasteiger partial charge in [0.15, 0.2) is 0 Å². The molecule has 112 valence electrons. The number of hydrogen-bond donors (Lipinski definition) is 1. The molecule has 2 rings (SSSR count). The summed E-state index contributed by atoms with van der Waals surface area (Å²) in [6, 6.07) is 8.17. The van der Waals surface area contributed by atoms with Gasteiger partial charge in [-0.2, -0.15) is 0 Å². The number of nitrogens with one attached hydrogen (secondary N) is 1. The fourth-order valence-corrected chi connectivity index (χ4v) is 2.77. The van der Waals surface area contributed by atoms with Crippen LogP contribution in [0.1, 0.15) is 32.6 Å². The van der Waals surface area contributed by atoms with Crippen molar-refractivity contribution in [2.75, 3.05) is 38.6 Å². The molecule has 1 aromatic carbocycles. The second-order valence-electron chi connectivity index (χ2n) is 5.91. The lowest BCUT2D eigenvalue weighted by Crippen LogP contribution is -2.31. The molecule has 20 heavy (non-hydrogen) atoms. The zero-order valence-corrected chi connectivity index (χ0v) is 12.9. The monoisotopic (exact) mass is 276 g/mol. The first kappa shape index (κ1) is 15.2. The maximum atomic E-state index is 5.89. The highest BCUT2D eigenvalue weighted by Crippen LogP contribution is 2.17. The van der Waals surface area contributed by atoms with Crippen molar-refractivity contribution in [2.24, 2.45) is 5.92 Å². The third-order valence-electron chi connectivity index (χ3n) is 3.95. The Kier molecular flexibility index (Phi) is 6.19. The summed E-state index contributed by atoms with van der Waals surface area (Å²) in [6.45, 7) is 6.78. The highest BCUT2D eigenvalue weighted by atomic mass is 16.5. The summed E-state index contributed by atoms with van der Waals surface area (Å²) in [5, 5.41) is 3.12. The molecule has 1 aliphatic heterocycles. The minimum Gasteiger partial charge on any atom is -0.493 e. The summed E-state index contributed by atoms with van der Waals surface area (Å²) >= 11 is 0. The second-order valence-corrected chi connectivity index (χ2v) is 5.91. The van der Waals surface area contributed by atoms with E-state index in [0.29, 0.717) is 5.92 Å². The molecule has 3 nitrogen and oxygen atoms in total. The lowest BCUT2D eigenvalue weighted by Gasteiger charge is -2.24. The Balaban J connectivity index is 1.71. The first-order valence-electron chi connectivity index (χ1n) is 7.91. The maximum Gasteiger partial charge on any atom is 0.119 e. The van der Waals surface area contributed by atoms with E-state index in [1.54, 1.807) is 0 Å². The maximum absolute atomic E-state index is 5.89. The van der Waals surface area contributed by atoms with E-state index in [1.807, 2.05) is 19.2 Å². The van der Waals surface area contributed by atoms with Crippen molar-refractivity contribution >= 4 is 5.69 Å². The molecule has 1 saturated heterocycles. The average Bonchev–Trinajstić information content (AvgIpc) is 2.74. The van der Waals surface area contributed by atoms with Crippen LogP contribution < -0.4 is 10.1 Å². The number of rotatable bonds is 6. The molecule has 3 heteroatoms. The fraction of sp³-hybridized carbons (Fsp3) is 0.647. The highest BCUT2D eigenvalue weighted by Gasteiger charge is 2.13. The van der Waals surface area contributed by atoms with E-state index >= 15 is 0 Å². The lowest BCUT2D eigenvalue weighted by molar-refractivity contribution is 0.189. The first-order valence-corrected chi connectivity index (χ1v) is 7.91. The van der Waals surface area contributed by atoms with Crippen molar-refractivity contribution in [1.29, 1.82) is 0 Å². The van der Waals surface area contributed by atoms with Crippen LogP contribution in [0.25, 0.3) is 0 Å². The first-order chi connectivity index (χ1) is 9.78. The normalized spacial score (nSPS) is 18.3. The van der Waals surface area contributed by atoms with Crippen LogP contribution in [-0.4, -0.2) is 38.2 Å². The molecule has 0 aromatic heterocycles. The number of anilines is 1. The van der Waals surface area contributed by atoms with E-state index in [1.165, 1.54) is 38.8 Å². The van der Waals surface area contributed by atoms with Crippen LogP contribution in [0.15, 0.2) is 24.3 Å². The lowest BCUT2D eigenvalue weighted by atomic mass is 10.2. The Bertz CT molecular complexity index is 369. The Hall–Kier alpha value is -1.22. The van der Waals surface area contributed by atoms with Crippen molar-refractivity contribution in [3.05, 3.63) is 24.3 Å². The van der Waals surface area contributed by atoms with Crippen molar-refractivity contribution in [1.82, 2.24) is 4.90 Å². The summed E-state index contributed by atoms with van der Waals surface area (Å²) in [5.41, 5.74) is 1.12. The largest absolute Gasteiger partial charge is 0.493 e. The molecule has 1 aromatic rings. The van der Waals surface area contributed by atoms with Crippen molar-refractivity contribution in [3.63, 3.8) is 0 Å². The van der Waals surface area contributed by atoms with Gasteiger partial charge in [-0.1, -0.05) is 19.8 Å². The molecule has 0 spiro atoms. The van der Waals surface area contributed by atoms with Crippen molar-refractivity contribution in [2.45, 2.75) is 32.6 Å². The fourth-order valence-electron chi connectivity index (χ4n) is 2.77. The quantitative estimate of drug-likeness (QED) is 0.859. The minimum atomic E-state index is 0.581. The Morgan fingerprint density at radius 2 is 1.75 bits per heavy atom. The predicted octanol–water partition coefficient (Wildman–Crippen LogP) is 3.62. The van der Waals surface area contributed by atoms with Gasteiger partial charge >= 0.3 is 0 Å². The number of likely N-dealkylation sites (tertiary alicyclic amines) is 1. The highest BCUT2D eigenvalue weighted by molar-refractivity contribution is 5.45. The third-order valence-corrected chi connectivity index (χ3v) is 3.95. The average molecular weight is 276 g/mol. The van der Waals surface area contributed by atoms with E-state index < -0.39 is 0 Å². The van der Waals surface area contributed by atoms with Gasteiger partial charge in [0.2, 0.25) is 0 Å². The van der Waals surface area contributed by atoms with E-state index in [9.17, 15) is 0 Å². The molecular formula is C17H28N2O. The van der Waals surface area contributed by atoms with Crippen LogP contribution in [-0.2, 0) is 0 Å². The van der Waals surface area contributed by atoms with Gasteiger partial charge in [0.1, 0.15) is 5.75 Å². The molecule has 1 aliphatic rings. The van der Waals surface area contributed by atoms with Gasteiger partial charge in [0.25, 0.3) is 0 Å². The molecule has 1 unspecified atom stereocenters. The van der Waals surface area contributed by atoms with Gasteiger partial charge in [0.05, 0.1) is 6.61 Å². The molecule has 0 saturated carbocycles. The summed E-state index contributed by atoms with van der Waals surface area (Å²) in [6.07, 6.45) is 5.52. The minimum absolute atomic E-state index is 0.581. The predicted molar refractivity (Wildman–Crippen MR) is 85.6 cm³/mol. The van der Waals surface area contributed by atoms with Crippen LogP contribution in [0.3, 0.4) is 0 Å². The standard InChI is InChI=1S/C17H28N2O/c1-15(13-19-11-5-3-4-6-12-19)14-20-17-9-7-16(18-2)8-10-17/h7-10,15,18H,3-6,11-14H2,1-2H3. The number of nitrogens with zero attached hydrogens (tertiary/aromatic N) is 1. The molecule has 0 radical (unpaired) electrons. The third kappa shape index (κ3) is 5.04. The van der Waals surface area contributed by atoms with E-state index in [4.69, 9.17) is 4.74 Å². The van der Waals surface area contributed by atoms with Crippen LogP contribution in [0.4, 0.5) is 5.69 Å². The van der Waals surface area contributed by atoms with E-state index in [-0.39, 0.29) is 0 Å². The van der Waals surface area contributed by atoms with Crippen LogP contribution in [0.5, 0.6) is 5.75 Å². The number of ether oxygens (including phenoxy) is 1. The van der Waals surface area contributed by atoms with Crippen molar-refractivity contribution < 1.29 is 4.74 Å². The number of hydrogen-bond acceptors (Lipinski definition) is 3. The Labute approximate surface area is 123 Å². The SMILES string of the molecule is CNc1ccc(OCC(C)CN2CCCCCC2)cc1. The second kappa shape index (κ2) is 8.15. The molecule has 1 atom stereocenters.